The monoisotopic (exact) mass is 182 g/mol. The van der Waals surface area contributed by atoms with E-state index in [0.29, 0.717) is 5.41 Å². The Morgan fingerprint density at radius 2 is 2.23 bits per heavy atom. The highest BCUT2D eigenvalue weighted by molar-refractivity contribution is 4.94. The van der Waals surface area contributed by atoms with E-state index in [2.05, 4.69) is 24.5 Å². The highest BCUT2D eigenvalue weighted by atomic mass is 15.0. The van der Waals surface area contributed by atoms with Crippen molar-refractivity contribution in [3.05, 3.63) is 0 Å². The molecule has 2 nitrogen and oxygen atoms in total. The molecule has 76 valence electrons. The molecule has 2 heteroatoms. The fourth-order valence-corrected chi connectivity index (χ4v) is 2.25. The van der Waals surface area contributed by atoms with Crippen molar-refractivity contribution in [3.63, 3.8) is 0 Å². The smallest absolute Gasteiger partial charge is 0.00684 e. The van der Waals surface area contributed by atoms with Crippen molar-refractivity contribution in [1.82, 2.24) is 10.6 Å². The third-order valence-electron chi connectivity index (χ3n) is 3.82. The lowest BCUT2D eigenvalue weighted by Crippen LogP contribution is -2.41. The van der Waals surface area contributed by atoms with Gasteiger partial charge in [0.15, 0.2) is 0 Å². The second-order valence-corrected chi connectivity index (χ2v) is 5.10. The Hall–Kier alpha value is -0.0800. The Kier molecular flexibility index (Phi) is 2.61. The number of nitrogens with one attached hydrogen (secondary N) is 2. The minimum absolute atomic E-state index is 0.544. The Bertz CT molecular complexity index is 167. The molecule has 1 atom stereocenters. The molecule has 1 aliphatic heterocycles. The molecule has 2 aliphatic rings. The lowest BCUT2D eigenvalue weighted by Gasteiger charge is -2.33. The van der Waals surface area contributed by atoms with Crippen LogP contribution in [-0.4, -0.2) is 25.7 Å². The molecule has 0 aromatic rings. The number of hydrogen-bond donors (Lipinski definition) is 2. The van der Waals surface area contributed by atoms with Gasteiger partial charge in [0.25, 0.3) is 0 Å². The molecular formula is C11H22N2. The first kappa shape index (κ1) is 9.47. The summed E-state index contributed by atoms with van der Waals surface area (Å²) in [5.41, 5.74) is 0.544. The second-order valence-electron chi connectivity index (χ2n) is 5.10. The predicted molar refractivity (Wildman–Crippen MR) is 55.8 cm³/mol. The lowest BCUT2D eigenvalue weighted by atomic mass is 9.76. The molecule has 2 rings (SSSR count). The van der Waals surface area contributed by atoms with Crippen molar-refractivity contribution in [1.29, 1.82) is 0 Å². The fraction of sp³-hybridized carbons (Fsp3) is 1.00. The molecule has 0 spiro atoms. The molecule has 0 aromatic heterocycles. The van der Waals surface area contributed by atoms with Crippen LogP contribution in [0.1, 0.15) is 33.1 Å². The molecule has 2 fully saturated rings. The van der Waals surface area contributed by atoms with Crippen LogP contribution in [0, 0.1) is 11.3 Å². The van der Waals surface area contributed by atoms with Crippen LogP contribution in [0.4, 0.5) is 0 Å². The third kappa shape index (κ3) is 2.05. The SMILES string of the molecule is CC(C)C1(CNC2CC2)CCNC1. The van der Waals surface area contributed by atoms with E-state index in [0.717, 1.165) is 12.0 Å². The van der Waals surface area contributed by atoms with Crippen LogP contribution in [0.2, 0.25) is 0 Å². The minimum atomic E-state index is 0.544. The van der Waals surface area contributed by atoms with E-state index in [1.165, 1.54) is 38.9 Å². The van der Waals surface area contributed by atoms with Gasteiger partial charge in [0, 0.05) is 19.1 Å². The van der Waals surface area contributed by atoms with Crippen LogP contribution >= 0.6 is 0 Å². The summed E-state index contributed by atoms with van der Waals surface area (Å²) < 4.78 is 0. The fourth-order valence-electron chi connectivity index (χ4n) is 2.25. The lowest BCUT2D eigenvalue weighted by molar-refractivity contribution is 0.208. The van der Waals surface area contributed by atoms with Gasteiger partial charge >= 0.3 is 0 Å². The van der Waals surface area contributed by atoms with Gasteiger partial charge in [0.05, 0.1) is 0 Å². The normalized spacial score (nSPS) is 34.4. The Balaban J connectivity index is 1.87. The highest BCUT2D eigenvalue weighted by Gasteiger charge is 2.37. The molecule has 0 bridgehead atoms. The van der Waals surface area contributed by atoms with Crippen molar-refractivity contribution < 1.29 is 0 Å². The summed E-state index contributed by atoms with van der Waals surface area (Å²) in [5.74, 6) is 0.800. The quantitative estimate of drug-likeness (QED) is 0.686. The van der Waals surface area contributed by atoms with E-state index in [4.69, 9.17) is 0 Å². The maximum Gasteiger partial charge on any atom is 0.00684 e. The first-order valence-corrected chi connectivity index (χ1v) is 5.67. The molecule has 0 aromatic carbocycles. The van der Waals surface area contributed by atoms with Gasteiger partial charge in [-0.05, 0) is 37.1 Å². The van der Waals surface area contributed by atoms with Crippen molar-refractivity contribution in [2.24, 2.45) is 11.3 Å². The van der Waals surface area contributed by atoms with Gasteiger partial charge in [-0.25, -0.2) is 0 Å². The Morgan fingerprint density at radius 3 is 2.69 bits per heavy atom. The van der Waals surface area contributed by atoms with Crippen molar-refractivity contribution >= 4 is 0 Å². The predicted octanol–water partition coefficient (Wildman–Crippen LogP) is 1.37. The van der Waals surface area contributed by atoms with Gasteiger partial charge in [-0.1, -0.05) is 13.8 Å². The molecule has 0 radical (unpaired) electrons. The van der Waals surface area contributed by atoms with Crippen LogP contribution in [0.15, 0.2) is 0 Å². The molecule has 0 amide bonds. The van der Waals surface area contributed by atoms with Gasteiger partial charge in [-0.2, -0.15) is 0 Å². The van der Waals surface area contributed by atoms with Crippen LogP contribution in [0.3, 0.4) is 0 Å². The summed E-state index contributed by atoms with van der Waals surface area (Å²) in [5, 5.41) is 7.18. The first-order chi connectivity index (χ1) is 6.23. The van der Waals surface area contributed by atoms with E-state index in [-0.39, 0.29) is 0 Å². The van der Waals surface area contributed by atoms with Crippen LogP contribution in [0.5, 0.6) is 0 Å². The summed E-state index contributed by atoms with van der Waals surface area (Å²) in [6.07, 6.45) is 4.16. The zero-order chi connectivity index (χ0) is 9.31. The molecule has 13 heavy (non-hydrogen) atoms. The summed E-state index contributed by atoms with van der Waals surface area (Å²) in [7, 11) is 0. The zero-order valence-corrected chi connectivity index (χ0v) is 8.90. The molecule has 1 saturated heterocycles. The van der Waals surface area contributed by atoms with E-state index in [1.807, 2.05) is 0 Å². The standard InChI is InChI=1S/C11H22N2/c1-9(2)11(5-6-12-7-11)8-13-10-3-4-10/h9-10,12-13H,3-8H2,1-2H3. The third-order valence-corrected chi connectivity index (χ3v) is 3.82. The molecule has 1 saturated carbocycles. The van der Waals surface area contributed by atoms with Crippen LogP contribution in [0.25, 0.3) is 0 Å². The van der Waals surface area contributed by atoms with Gasteiger partial charge in [-0.3, -0.25) is 0 Å². The molecule has 2 N–H and O–H groups in total. The highest BCUT2D eigenvalue weighted by Crippen LogP contribution is 2.34. The van der Waals surface area contributed by atoms with Gasteiger partial charge in [0.2, 0.25) is 0 Å². The molecule has 1 unspecified atom stereocenters. The summed E-state index contributed by atoms with van der Waals surface area (Å²) in [6.45, 7) is 8.38. The zero-order valence-electron chi connectivity index (χ0n) is 8.90. The first-order valence-electron chi connectivity index (χ1n) is 5.67. The molecule has 1 aliphatic carbocycles. The average molecular weight is 182 g/mol. The largest absolute Gasteiger partial charge is 0.316 e. The van der Waals surface area contributed by atoms with Crippen LogP contribution in [-0.2, 0) is 0 Å². The topological polar surface area (TPSA) is 24.1 Å². The summed E-state index contributed by atoms with van der Waals surface area (Å²) >= 11 is 0. The van der Waals surface area contributed by atoms with Crippen molar-refractivity contribution in [2.45, 2.75) is 39.2 Å². The molecule has 1 heterocycles. The van der Waals surface area contributed by atoms with Gasteiger partial charge in [0.1, 0.15) is 0 Å². The van der Waals surface area contributed by atoms with Gasteiger partial charge < -0.3 is 10.6 Å². The second kappa shape index (κ2) is 3.58. The number of hydrogen-bond acceptors (Lipinski definition) is 2. The average Bonchev–Trinajstić information content (AvgIpc) is 2.80. The minimum Gasteiger partial charge on any atom is -0.316 e. The number of rotatable bonds is 4. The Labute approximate surface area is 81.5 Å². The van der Waals surface area contributed by atoms with Crippen molar-refractivity contribution in [2.75, 3.05) is 19.6 Å². The van der Waals surface area contributed by atoms with E-state index >= 15 is 0 Å². The van der Waals surface area contributed by atoms with Crippen LogP contribution < -0.4 is 10.6 Å². The van der Waals surface area contributed by atoms with Gasteiger partial charge in [-0.15, -0.1) is 0 Å². The van der Waals surface area contributed by atoms with E-state index in [9.17, 15) is 0 Å². The summed E-state index contributed by atoms with van der Waals surface area (Å²) in [6, 6.07) is 0.858. The Morgan fingerprint density at radius 1 is 1.46 bits per heavy atom. The molecular weight excluding hydrogens is 160 g/mol. The van der Waals surface area contributed by atoms with E-state index in [1.54, 1.807) is 0 Å². The maximum absolute atomic E-state index is 3.68. The van der Waals surface area contributed by atoms with E-state index < -0.39 is 0 Å². The van der Waals surface area contributed by atoms with Crippen molar-refractivity contribution in [3.8, 4) is 0 Å². The maximum atomic E-state index is 3.68. The summed E-state index contributed by atoms with van der Waals surface area (Å²) in [4.78, 5) is 0.